The molecule has 38 heavy (non-hydrogen) atoms. The van der Waals surface area contributed by atoms with Gasteiger partial charge in [0.05, 0.1) is 23.9 Å². The molecule has 1 N–H and O–H groups in total. The lowest BCUT2D eigenvalue weighted by molar-refractivity contribution is 0.242. The van der Waals surface area contributed by atoms with Gasteiger partial charge in [0.25, 0.3) is 0 Å². The zero-order chi connectivity index (χ0) is 27.0. The van der Waals surface area contributed by atoms with Gasteiger partial charge in [0.15, 0.2) is 5.11 Å². The first-order valence-electron chi connectivity index (χ1n) is 13.0. The van der Waals surface area contributed by atoms with Crippen molar-refractivity contribution in [2.75, 3.05) is 23.9 Å². The lowest BCUT2D eigenvalue weighted by Gasteiger charge is -2.28. The van der Waals surface area contributed by atoms with E-state index in [0.717, 1.165) is 22.8 Å². The minimum atomic E-state index is -0.0969. The Morgan fingerprint density at radius 3 is 2.24 bits per heavy atom. The summed E-state index contributed by atoms with van der Waals surface area (Å²) in [5.74, 6) is 0.846. The molecular formula is C31H35N5OS. The van der Waals surface area contributed by atoms with Gasteiger partial charge in [-0.15, -0.1) is 0 Å². The molecular weight excluding hydrogens is 490 g/mol. The molecule has 3 heterocycles. The fourth-order valence-electron chi connectivity index (χ4n) is 5.29. The molecule has 0 saturated carbocycles. The quantitative estimate of drug-likeness (QED) is 0.277. The summed E-state index contributed by atoms with van der Waals surface area (Å²) in [6.07, 6.45) is 1.96. The van der Waals surface area contributed by atoms with Crippen molar-refractivity contribution in [2.24, 2.45) is 0 Å². The van der Waals surface area contributed by atoms with Gasteiger partial charge in [0, 0.05) is 48.7 Å². The van der Waals surface area contributed by atoms with Gasteiger partial charge in [-0.05, 0) is 112 Å². The topological polar surface area (TPSA) is 45.6 Å². The second kappa shape index (κ2) is 10.5. The molecule has 5 rings (SSSR count). The number of aromatic nitrogens is 2. The molecule has 2 aromatic heterocycles. The van der Waals surface area contributed by atoms with Crippen LogP contribution >= 0.6 is 12.2 Å². The van der Waals surface area contributed by atoms with E-state index in [1.54, 1.807) is 0 Å². The predicted molar refractivity (Wildman–Crippen MR) is 160 cm³/mol. The van der Waals surface area contributed by atoms with Crippen molar-refractivity contribution < 1.29 is 4.74 Å². The molecule has 0 amide bonds. The summed E-state index contributed by atoms with van der Waals surface area (Å²) in [6.45, 7) is 8.42. The molecule has 2 aromatic carbocycles. The number of hydrogen-bond donors (Lipinski definition) is 1. The zero-order valence-electron chi connectivity index (χ0n) is 22.8. The van der Waals surface area contributed by atoms with Crippen LogP contribution in [0, 0.1) is 13.8 Å². The van der Waals surface area contributed by atoms with Crippen molar-refractivity contribution in [2.45, 2.75) is 45.9 Å². The normalized spacial score (nSPS) is 17.1. The number of anilines is 2. The molecule has 0 unspecified atom stereocenters. The Bertz CT molecular complexity index is 1410. The number of ether oxygens (including phenoxy) is 1. The van der Waals surface area contributed by atoms with E-state index < -0.39 is 0 Å². The minimum Gasteiger partial charge on any atom is -0.491 e. The summed E-state index contributed by atoms with van der Waals surface area (Å²) < 4.78 is 8.21. The number of rotatable bonds is 7. The summed E-state index contributed by atoms with van der Waals surface area (Å²) in [5, 5.41) is 4.26. The smallest absolute Gasteiger partial charge is 0.174 e. The number of hydrogen-bond acceptors (Lipinski definition) is 4. The van der Waals surface area contributed by atoms with Crippen molar-refractivity contribution in [1.29, 1.82) is 0 Å². The van der Waals surface area contributed by atoms with E-state index >= 15 is 0 Å². The van der Waals surface area contributed by atoms with E-state index in [1.165, 1.54) is 22.6 Å². The first kappa shape index (κ1) is 25.8. The third-order valence-electron chi connectivity index (χ3n) is 7.00. The second-order valence-corrected chi connectivity index (χ2v) is 10.6. The molecule has 4 aromatic rings. The Kier molecular flexibility index (Phi) is 7.13. The van der Waals surface area contributed by atoms with Crippen LogP contribution in [0.15, 0.2) is 79.0 Å². The monoisotopic (exact) mass is 525 g/mol. The highest BCUT2D eigenvalue weighted by Crippen LogP contribution is 2.44. The van der Waals surface area contributed by atoms with Crippen LogP contribution in [0.2, 0.25) is 0 Å². The van der Waals surface area contributed by atoms with Gasteiger partial charge in [0.2, 0.25) is 0 Å². The van der Waals surface area contributed by atoms with E-state index in [0.29, 0.717) is 5.11 Å². The van der Waals surface area contributed by atoms with Crippen LogP contribution in [0.4, 0.5) is 11.4 Å². The molecule has 0 spiro atoms. The van der Waals surface area contributed by atoms with Crippen LogP contribution in [0.3, 0.4) is 0 Å². The van der Waals surface area contributed by atoms with Crippen LogP contribution in [-0.4, -0.2) is 34.9 Å². The highest BCUT2D eigenvalue weighted by Gasteiger charge is 2.42. The average molecular weight is 526 g/mol. The zero-order valence-corrected chi connectivity index (χ0v) is 23.7. The number of benzene rings is 2. The first-order chi connectivity index (χ1) is 18.2. The van der Waals surface area contributed by atoms with Gasteiger partial charge in [0.1, 0.15) is 5.75 Å². The molecule has 7 heteroatoms. The Morgan fingerprint density at radius 2 is 1.63 bits per heavy atom. The van der Waals surface area contributed by atoms with Gasteiger partial charge in [-0.2, -0.15) is 0 Å². The SMILES string of the molecule is Cc1cc([C@H]2[C@H](c3ccccn3)NC(=S)N2c2ccc(OC(C)C)cc2)c(C)n1-c1ccc(N(C)C)cc1. The van der Waals surface area contributed by atoms with Crippen LogP contribution in [0.25, 0.3) is 5.69 Å². The molecule has 1 aliphatic heterocycles. The largest absolute Gasteiger partial charge is 0.491 e. The fraction of sp³-hybridized carbons (Fsp3) is 0.290. The highest BCUT2D eigenvalue weighted by molar-refractivity contribution is 7.80. The summed E-state index contributed by atoms with van der Waals surface area (Å²) >= 11 is 5.94. The lowest BCUT2D eigenvalue weighted by atomic mass is 9.96. The van der Waals surface area contributed by atoms with Gasteiger partial charge < -0.3 is 24.4 Å². The Balaban J connectivity index is 1.60. The summed E-state index contributed by atoms with van der Waals surface area (Å²) in [6, 6.07) is 25.0. The maximum atomic E-state index is 5.94. The maximum absolute atomic E-state index is 5.94. The molecule has 196 valence electrons. The molecule has 6 nitrogen and oxygen atoms in total. The molecule has 1 fully saturated rings. The molecule has 2 atom stereocenters. The van der Waals surface area contributed by atoms with Crippen molar-refractivity contribution in [1.82, 2.24) is 14.9 Å². The number of aryl methyl sites for hydroxylation is 1. The maximum Gasteiger partial charge on any atom is 0.174 e. The third kappa shape index (κ3) is 4.86. The Hall–Kier alpha value is -3.84. The van der Waals surface area contributed by atoms with Crippen molar-refractivity contribution in [3.05, 3.63) is 102 Å². The van der Waals surface area contributed by atoms with Gasteiger partial charge in [-0.1, -0.05) is 6.07 Å². The number of nitrogens with zero attached hydrogens (tertiary/aromatic N) is 4. The van der Waals surface area contributed by atoms with Crippen LogP contribution in [-0.2, 0) is 0 Å². The predicted octanol–water partition coefficient (Wildman–Crippen LogP) is 6.52. The summed E-state index contributed by atoms with van der Waals surface area (Å²) in [7, 11) is 4.12. The van der Waals surface area contributed by atoms with E-state index in [9.17, 15) is 0 Å². The summed E-state index contributed by atoms with van der Waals surface area (Å²) in [5.41, 5.74) is 7.86. The first-order valence-corrected chi connectivity index (χ1v) is 13.4. The average Bonchev–Trinajstić information content (AvgIpc) is 3.39. The van der Waals surface area contributed by atoms with E-state index in [4.69, 9.17) is 21.9 Å². The Labute approximate surface area is 230 Å². The van der Waals surface area contributed by atoms with Crippen molar-refractivity contribution in [3.8, 4) is 11.4 Å². The molecule has 1 aliphatic rings. The fourth-order valence-corrected chi connectivity index (χ4v) is 5.64. The standard InChI is InChI=1S/C31H35N5OS/c1-20(2)37-26-16-14-25(15-17-26)36-30(29(33-31(36)38)28-9-7-8-18-32-28)27-19-21(3)35(22(27)4)24-12-10-23(11-13-24)34(5)6/h7-20,29-30H,1-6H3,(H,33,38)/t29-,30-/m0/s1. The van der Waals surface area contributed by atoms with Crippen molar-refractivity contribution in [3.63, 3.8) is 0 Å². The van der Waals surface area contributed by atoms with Crippen molar-refractivity contribution >= 4 is 28.7 Å². The molecule has 0 radical (unpaired) electrons. The molecule has 0 aliphatic carbocycles. The third-order valence-corrected chi connectivity index (χ3v) is 7.31. The van der Waals surface area contributed by atoms with E-state index in [2.05, 4.69) is 96.2 Å². The second-order valence-electron chi connectivity index (χ2n) is 10.2. The summed E-state index contributed by atoms with van der Waals surface area (Å²) in [4.78, 5) is 9.04. The van der Waals surface area contributed by atoms with E-state index in [-0.39, 0.29) is 18.2 Å². The van der Waals surface area contributed by atoms with Gasteiger partial charge >= 0.3 is 0 Å². The lowest BCUT2D eigenvalue weighted by Crippen LogP contribution is -2.29. The van der Waals surface area contributed by atoms with Crippen LogP contribution < -0.4 is 19.9 Å². The molecule has 1 saturated heterocycles. The minimum absolute atomic E-state index is 0.0738. The number of pyridine rings is 1. The molecule has 0 bridgehead atoms. The Morgan fingerprint density at radius 1 is 0.947 bits per heavy atom. The van der Waals surface area contributed by atoms with Gasteiger partial charge in [-0.25, -0.2) is 0 Å². The van der Waals surface area contributed by atoms with Crippen LogP contribution in [0.1, 0.15) is 48.6 Å². The van der Waals surface area contributed by atoms with Crippen LogP contribution in [0.5, 0.6) is 5.75 Å². The number of thiocarbonyl (C=S) groups is 1. The van der Waals surface area contributed by atoms with Gasteiger partial charge in [-0.3, -0.25) is 4.98 Å². The van der Waals surface area contributed by atoms with E-state index in [1.807, 2.05) is 44.3 Å². The highest BCUT2D eigenvalue weighted by atomic mass is 32.1. The number of nitrogens with one attached hydrogen (secondary N) is 1.